The highest BCUT2D eigenvalue weighted by molar-refractivity contribution is 7.90. The molecule has 7 nitrogen and oxygen atoms in total. The van der Waals surface area contributed by atoms with Gasteiger partial charge in [0, 0.05) is 29.3 Å². The molecule has 3 N–H and O–H groups in total. The average molecular weight is 506 g/mol. The zero-order valence-electron chi connectivity index (χ0n) is 18.5. The van der Waals surface area contributed by atoms with Crippen LogP contribution in [0, 0.1) is 0 Å². The fourth-order valence-corrected chi connectivity index (χ4v) is 4.48. The monoisotopic (exact) mass is 505 g/mol. The highest BCUT2D eigenvalue weighted by Crippen LogP contribution is 2.31. The number of anilines is 1. The minimum absolute atomic E-state index is 0.0382. The number of benzene rings is 3. The Kier molecular flexibility index (Phi) is 6.68. The first-order chi connectivity index (χ1) is 16.6. The lowest BCUT2D eigenvalue weighted by molar-refractivity contribution is 0.0997. The fourth-order valence-electron chi connectivity index (χ4n) is 3.56. The Labute approximate surface area is 207 Å². The van der Waals surface area contributed by atoms with E-state index < -0.39 is 21.7 Å². The van der Waals surface area contributed by atoms with Crippen molar-refractivity contribution in [3.05, 3.63) is 101 Å². The fraction of sp³-hybridized carbons (Fsp3) is 0.0385. The Morgan fingerprint density at radius 1 is 0.886 bits per heavy atom. The zero-order chi connectivity index (χ0) is 25.2. The van der Waals surface area contributed by atoms with E-state index >= 15 is 0 Å². The molecule has 2 amide bonds. The van der Waals surface area contributed by atoms with Gasteiger partial charge in [0.25, 0.3) is 5.91 Å². The summed E-state index contributed by atoms with van der Waals surface area (Å²) in [5, 5.41) is 2.95. The van der Waals surface area contributed by atoms with Crippen LogP contribution in [0.3, 0.4) is 0 Å². The third kappa shape index (κ3) is 5.40. The summed E-state index contributed by atoms with van der Waals surface area (Å²) in [4.78, 5) is 29.2. The van der Waals surface area contributed by atoms with Crippen LogP contribution in [-0.2, 0) is 9.84 Å². The Hall–Kier alpha value is -4.01. The first-order valence-electron chi connectivity index (χ1n) is 10.4. The van der Waals surface area contributed by atoms with Crippen molar-refractivity contribution in [2.45, 2.75) is 4.90 Å². The van der Waals surface area contributed by atoms with Gasteiger partial charge < -0.3 is 11.1 Å². The van der Waals surface area contributed by atoms with Gasteiger partial charge in [-0.1, -0.05) is 35.9 Å². The van der Waals surface area contributed by atoms with E-state index in [2.05, 4.69) is 10.3 Å². The standard InChI is InChI=1S/C26H20ClN3O4S/c1-35(33,34)19-9-11-20(22(15-19)16-8-10-21(25(28)31)23(27)14-16)26(32)30-18-6-4-5-17(13-18)24-7-2-3-12-29-24/h2-15H,1H3,(H2,28,31)(H,30,32). The number of primary amides is 1. The number of pyridine rings is 1. The van der Waals surface area contributed by atoms with Gasteiger partial charge in [-0.2, -0.15) is 0 Å². The van der Waals surface area contributed by atoms with Gasteiger partial charge >= 0.3 is 0 Å². The number of hydrogen-bond donors (Lipinski definition) is 2. The number of carbonyl (C=O) groups excluding carboxylic acids is 2. The van der Waals surface area contributed by atoms with Crippen LogP contribution in [0.1, 0.15) is 20.7 Å². The van der Waals surface area contributed by atoms with Crippen molar-refractivity contribution in [2.24, 2.45) is 5.73 Å². The van der Waals surface area contributed by atoms with Crippen LogP contribution in [0.25, 0.3) is 22.4 Å². The molecule has 4 aromatic rings. The quantitative estimate of drug-likeness (QED) is 0.389. The minimum atomic E-state index is -3.55. The maximum Gasteiger partial charge on any atom is 0.256 e. The van der Waals surface area contributed by atoms with E-state index in [1.54, 1.807) is 30.5 Å². The molecule has 0 aliphatic carbocycles. The zero-order valence-corrected chi connectivity index (χ0v) is 20.1. The van der Waals surface area contributed by atoms with Crippen molar-refractivity contribution in [1.82, 2.24) is 4.98 Å². The molecule has 176 valence electrons. The largest absolute Gasteiger partial charge is 0.366 e. The van der Waals surface area contributed by atoms with Gasteiger partial charge in [-0.15, -0.1) is 0 Å². The molecule has 0 radical (unpaired) electrons. The van der Waals surface area contributed by atoms with E-state index in [1.807, 2.05) is 24.3 Å². The summed E-state index contributed by atoms with van der Waals surface area (Å²) >= 11 is 6.22. The second-order valence-electron chi connectivity index (χ2n) is 7.79. The molecule has 9 heteroatoms. The topological polar surface area (TPSA) is 119 Å². The Balaban J connectivity index is 1.75. The molecule has 1 aromatic heterocycles. The maximum absolute atomic E-state index is 13.3. The molecule has 0 unspecified atom stereocenters. The Morgan fingerprint density at radius 3 is 2.31 bits per heavy atom. The number of amides is 2. The van der Waals surface area contributed by atoms with Gasteiger partial charge in [0.15, 0.2) is 9.84 Å². The SMILES string of the molecule is CS(=O)(=O)c1ccc(C(=O)Nc2cccc(-c3ccccn3)c2)c(-c2ccc(C(N)=O)c(Cl)c2)c1. The number of sulfone groups is 1. The summed E-state index contributed by atoms with van der Waals surface area (Å²) < 4.78 is 24.4. The van der Waals surface area contributed by atoms with Crippen LogP contribution >= 0.6 is 11.6 Å². The van der Waals surface area contributed by atoms with Crippen molar-refractivity contribution in [2.75, 3.05) is 11.6 Å². The van der Waals surface area contributed by atoms with E-state index in [0.717, 1.165) is 17.5 Å². The van der Waals surface area contributed by atoms with E-state index in [9.17, 15) is 18.0 Å². The second-order valence-corrected chi connectivity index (χ2v) is 10.2. The first kappa shape index (κ1) is 24.1. The molecule has 0 aliphatic heterocycles. The smallest absolute Gasteiger partial charge is 0.256 e. The van der Waals surface area contributed by atoms with Crippen LogP contribution < -0.4 is 11.1 Å². The number of hydrogen-bond acceptors (Lipinski definition) is 5. The number of aromatic nitrogens is 1. The minimum Gasteiger partial charge on any atom is -0.366 e. The van der Waals surface area contributed by atoms with Crippen molar-refractivity contribution in [3.8, 4) is 22.4 Å². The molecule has 0 saturated carbocycles. The molecule has 0 atom stereocenters. The highest BCUT2D eigenvalue weighted by Gasteiger charge is 2.19. The number of carbonyl (C=O) groups is 2. The number of nitrogens with one attached hydrogen (secondary N) is 1. The van der Waals surface area contributed by atoms with Crippen LogP contribution in [0.2, 0.25) is 5.02 Å². The predicted octanol–water partition coefficient (Wildman–Crippen LogP) is 4.82. The third-order valence-electron chi connectivity index (χ3n) is 5.29. The number of halogens is 1. The van der Waals surface area contributed by atoms with E-state index in [4.69, 9.17) is 17.3 Å². The summed E-state index contributed by atoms with van der Waals surface area (Å²) in [6.07, 6.45) is 2.77. The molecule has 0 bridgehead atoms. The normalized spacial score (nSPS) is 11.1. The van der Waals surface area contributed by atoms with Crippen LogP contribution in [-0.4, -0.2) is 31.5 Å². The molecule has 1 heterocycles. The second kappa shape index (κ2) is 9.69. The van der Waals surface area contributed by atoms with E-state index in [-0.39, 0.29) is 21.0 Å². The Morgan fingerprint density at radius 2 is 1.66 bits per heavy atom. The van der Waals surface area contributed by atoms with Crippen molar-refractivity contribution in [1.29, 1.82) is 0 Å². The van der Waals surface area contributed by atoms with E-state index in [1.165, 1.54) is 30.3 Å². The molecule has 0 aliphatic rings. The van der Waals surface area contributed by atoms with Gasteiger partial charge in [-0.25, -0.2) is 8.42 Å². The average Bonchev–Trinajstić information content (AvgIpc) is 2.83. The first-order valence-corrected chi connectivity index (χ1v) is 12.7. The van der Waals surface area contributed by atoms with Gasteiger partial charge in [0.1, 0.15) is 0 Å². The molecule has 4 rings (SSSR count). The summed E-state index contributed by atoms with van der Waals surface area (Å²) in [6, 6.07) is 21.5. The molecular formula is C26H20ClN3O4S. The van der Waals surface area contributed by atoms with E-state index in [0.29, 0.717) is 16.8 Å². The molecular weight excluding hydrogens is 486 g/mol. The van der Waals surface area contributed by atoms with Crippen molar-refractivity contribution >= 4 is 38.9 Å². The molecule has 0 saturated heterocycles. The molecule has 0 fully saturated rings. The summed E-state index contributed by atoms with van der Waals surface area (Å²) in [5.41, 5.74) is 8.59. The van der Waals surface area contributed by atoms with Crippen LogP contribution in [0.4, 0.5) is 5.69 Å². The van der Waals surface area contributed by atoms with Crippen molar-refractivity contribution in [3.63, 3.8) is 0 Å². The predicted molar refractivity (Wildman–Crippen MR) is 136 cm³/mol. The van der Waals surface area contributed by atoms with Crippen molar-refractivity contribution < 1.29 is 18.0 Å². The summed E-state index contributed by atoms with van der Waals surface area (Å²) in [6.45, 7) is 0. The molecule has 35 heavy (non-hydrogen) atoms. The van der Waals surface area contributed by atoms with Gasteiger partial charge in [-0.05, 0) is 65.7 Å². The lowest BCUT2D eigenvalue weighted by atomic mass is 9.97. The summed E-state index contributed by atoms with van der Waals surface area (Å²) in [7, 11) is -3.55. The number of nitrogens with zero attached hydrogens (tertiary/aromatic N) is 1. The van der Waals surface area contributed by atoms with Crippen LogP contribution in [0.15, 0.2) is 90.0 Å². The molecule has 0 spiro atoms. The lowest BCUT2D eigenvalue weighted by Crippen LogP contribution is -2.14. The summed E-state index contributed by atoms with van der Waals surface area (Å²) in [5.74, 6) is -1.15. The lowest BCUT2D eigenvalue weighted by Gasteiger charge is -2.14. The van der Waals surface area contributed by atoms with Gasteiger partial charge in [-0.3, -0.25) is 14.6 Å². The third-order valence-corrected chi connectivity index (χ3v) is 6.71. The maximum atomic E-state index is 13.3. The molecule has 3 aromatic carbocycles. The highest BCUT2D eigenvalue weighted by atomic mass is 35.5. The number of rotatable bonds is 6. The number of nitrogens with two attached hydrogens (primary N) is 1. The van der Waals surface area contributed by atoms with Gasteiger partial charge in [0.2, 0.25) is 5.91 Å². The van der Waals surface area contributed by atoms with Crippen LogP contribution in [0.5, 0.6) is 0 Å². The van der Waals surface area contributed by atoms with Gasteiger partial charge in [0.05, 0.1) is 21.2 Å². The Bertz CT molecular complexity index is 1550.